The summed E-state index contributed by atoms with van der Waals surface area (Å²) in [5.74, 6) is 1.54. The Bertz CT molecular complexity index is 585. The van der Waals surface area contributed by atoms with Gasteiger partial charge in [-0.05, 0) is 54.5 Å². The molecule has 1 atom stereocenters. The van der Waals surface area contributed by atoms with Crippen LogP contribution in [-0.2, 0) is 0 Å². The fourth-order valence-corrected chi connectivity index (χ4v) is 2.83. The van der Waals surface area contributed by atoms with Crippen molar-refractivity contribution in [3.63, 3.8) is 0 Å². The molecule has 0 heterocycles. The molecule has 2 aromatic rings. The zero-order chi connectivity index (χ0) is 14.7. The number of rotatable bonds is 5. The van der Waals surface area contributed by atoms with Gasteiger partial charge in [-0.3, -0.25) is 0 Å². The Kier molecular flexibility index (Phi) is 4.26. The summed E-state index contributed by atoms with van der Waals surface area (Å²) in [4.78, 5) is 0. The second kappa shape index (κ2) is 6.31. The van der Waals surface area contributed by atoms with Crippen LogP contribution in [0.25, 0.3) is 0 Å². The Labute approximate surface area is 126 Å². The molecule has 1 unspecified atom stereocenters. The minimum absolute atomic E-state index is 0.596. The first kappa shape index (κ1) is 14.2. The molecule has 0 aromatic heterocycles. The molecule has 1 fully saturated rings. The van der Waals surface area contributed by atoms with Gasteiger partial charge >= 0.3 is 0 Å². The second-order valence-electron chi connectivity index (χ2n) is 5.70. The lowest BCUT2D eigenvalue weighted by molar-refractivity contribution is 0.219. The summed E-state index contributed by atoms with van der Waals surface area (Å²) in [5.41, 5.74) is 3.21. The van der Waals surface area contributed by atoms with Crippen molar-refractivity contribution in [3.8, 4) is 5.75 Å². The largest absolute Gasteiger partial charge is 0.494 e. The highest BCUT2D eigenvalue weighted by Gasteiger charge is 2.19. The topological polar surface area (TPSA) is 29.5 Å². The maximum atomic E-state index is 10.5. The molecule has 2 aromatic carbocycles. The Morgan fingerprint density at radius 1 is 1.10 bits per heavy atom. The third-order valence-electron chi connectivity index (χ3n) is 4.31. The minimum atomic E-state index is -0.596. The van der Waals surface area contributed by atoms with Crippen LogP contribution in [0.5, 0.6) is 5.75 Å². The van der Waals surface area contributed by atoms with Gasteiger partial charge in [0.1, 0.15) is 11.9 Å². The van der Waals surface area contributed by atoms with Crippen molar-refractivity contribution in [1.29, 1.82) is 0 Å². The highest BCUT2D eigenvalue weighted by molar-refractivity contribution is 5.37. The summed E-state index contributed by atoms with van der Waals surface area (Å²) in [6.07, 6.45) is 3.36. The van der Waals surface area contributed by atoms with Crippen molar-refractivity contribution in [1.82, 2.24) is 0 Å². The van der Waals surface area contributed by atoms with Gasteiger partial charge in [-0.25, -0.2) is 0 Å². The first-order valence-electron chi connectivity index (χ1n) is 7.78. The van der Waals surface area contributed by atoms with E-state index in [1.807, 2.05) is 43.3 Å². The van der Waals surface area contributed by atoms with Gasteiger partial charge in [-0.1, -0.05) is 42.8 Å². The molecule has 1 saturated carbocycles. The van der Waals surface area contributed by atoms with Crippen molar-refractivity contribution in [2.75, 3.05) is 6.61 Å². The third kappa shape index (κ3) is 3.11. The molecular weight excluding hydrogens is 260 g/mol. The molecule has 0 aliphatic heterocycles. The van der Waals surface area contributed by atoms with Gasteiger partial charge in [-0.15, -0.1) is 0 Å². The van der Waals surface area contributed by atoms with Crippen molar-refractivity contribution in [2.24, 2.45) is 0 Å². The quantitative estimate of drug-likeness (QED) is 0.878. The standard InChI is InChI=1S/C19H22O2/c1-2-21-18-8-4-7-17(13-18)19(20)16-11-9-15(10-12-16)14-5-3-6-14/h4,7-14,19-20H,2-3,5-6H2,1H3. The zero-order valence-corrected chi connectivity index (χ0v) is 12.5. The Morgan fingerprint density at radius 3 is 2.48 bits per heavy atom. The second-order valence-corrected chi connectivity index (χ2v) is 5.70. The average molecular weight is 282 g/mol. The van der Waals surface area contributed by atoms with Crippen LogP contribution < -0.4 is 4.74 Å². The Balaban J connectivity index is 1.77. The lowest BCUT2D eigenvalue weighted by atomic mass is 9.80. The Morgan fingerprint density at radius 2 is 1.86 bits per heavy atom. The Hall–Kier alpha value is -1.80. The number of ether oxygens (including phenoxy) is 1. The van der Waals surface area contributed by atoms with Crippen molar-refractivity contribution in [2.45, 2.75) is 38.2 Å². The van der Waals surface area contributed by atoms with E-state index in [0.29, 0.717) is 6.61 Å². The lowest BCUT2D eigenvalue weighted by Gasteiger charge is -2.26. The van der Waals surface area contributed by atoms with E-state index in [0.717, 1.165) is 22.8 Å². The molecule has 21 heavy (non-hydrogen) atoms. The van der Waals surface area contributed by atoms with E-state index >= 15 is 0 Å². The molecule has 2 nitrogen and oxygen atoms in total. The van der Waals surface area contributed by atoms with Crippen molar-refractivity contribution >= 4 is 0 Å². The molecule has 1 N–H and O–H groups in total. The minimum Gasteiger partial charge on any atom is -0.494 e. The van der Waals surface area contributed by atoms with Crippen LogP contribution in [0.2, 0.25) is 0 Å². The number of hydrogen-bond acceptors (Lipinski definition) is 2. The van der Waals surface area contributed by atoms with Crippen molar-refractivity contribution < 1.29 is 9.84 Å². The molecule has 0 amide bonds. The fraction of sp³-hybridized carbons (Fsp3) is 0.368. The first-order chi connectivity index (χ1) is 10.3. The van der Waals surface area contributed by atoms with E-state index in [9.17, 15) is 5.11 Å². The summed E-state index contributed by atoms with van der Waals surface area (Å²) < 4.78 is 5.49. The van der Waals surface area contributed by atoms with E-state index in [2.05, 4.69) is 12.1 Å². The molecular formula is C19H22O2. The monoisotopic (exact) mass is 282 g/mol. The number of aliphatic hydroxyl groups is 1. The predicted octanol–water partition coefficient (Wildman–Crippen LogP) is 4.43. The number of aliphatic hydroxyl groups excluding tert-OH is 1. The summed E-state index contributed by atoms with van der Waals surface area (Å²) >= 11 is 0. The molecule has 3 rings (SSSR count). The van der Waals surface area contributed by atoms with Crippen LogP contribution in [0, 0.1) is 0 Å². The van der Waals surface area contributed by atoms with Crippen LogP contribution in [0.3, 0.4) is 0 Å². The zero-order valence-electron chi connectivity index (χ0n) is 12.5. The van der Waals surface area contributed by atoms with Crippen LogP contribution in [0.1, 0.15) is 54.9 Å². The molecule has 0 spiro atoms. The van der Waals surface area contributed by atoms with Gasteiger partial charge in [0.2, 0.25) is 0 Å². The van der Waals surface area contributed by atoms with E-state index in [-0.39, 0.29) is 0 Å². The van der Waals surface area contributed by atoms with Crippen LogP contribution in [-0.4, -0.2) is 11.7 Å². The normalized spacial score (nSPS) is 16.3. The van der Waals surface area contributed by atoms with Gasteiger partial charge in [0.15, 0.2) is 0 Å². The maximum absolute atomic E-state index is 10.5. The highest BCUT2D eigenvalue weighted by atomic mass is 16.5. The van der Waals surface area contributed by atoms with E-state index in [1.54, 1.807) is 0 Å². The van der Waals surface area contributed by atoms with Crippen molar-refractivity contribution in [3.05, 3.63) is 65.2 Å². The summed E-state index contributed by atoms with van der Waals surface area (Å²) in [6, 6.07) is 16.1. The van der Waals surface area contributed by atoms with Gasteiger partial charge in [-0.2, -0.15) is 0 Å². The van der Waals surface area contributed by atoms with Gasteiger partial charge in [0.05, 0.1) is 6.61 Å². The molecule has 2 heteroatoms. The van der Waals surface area contributed by atoms with Crippen LogP contribution in [0.15, 0.2) is 48.5 Å². The summed E-state index contributed by atoms with van der Waals surface area (Å²) in [6.45, 7) is 2.60. The van der Waals surface area contributed by atoms with E-state index in [4.69, 9.17) is 4.74 Å². The van der Waals surface area contributed by atoms with E-state index in [1.165, 1.54) is 24.8 Å². The molecule has 110 valence electrons. The number of benzene rings is 2. The summed E-state index contributed by atoms with van der Waals surface area (Å²) in [5, 5.41) is 10.5. The van der Waals surface area contributed by atoms with E-state index < -0.39 is 6.10 Å². The van der Waals surface area contributed by atoms with Crippen LogP contribution in [0.4, 0.5) is 0 Å². The molecule has 0 bridgehead atoms. The SMILES string of the molecule is CCOc1cccc(C(O)c2ccc(C3CCC3)cc2)c1. The maximum Gasteiger partial charge on any atom is 0.119 e. The lowest BCUT2D eigenvalue weighted by Crippen LogP contribution is -2.09. The molecule has 1 aliphatic carbocycles. The molecule has 0 saturated heterocycles. The van der Waals surface area contributed by atoms with Gasteiger partial charge in [0.25, 0.3) is 0 Å². The summed E-state index contributed by atoms with van der Waals surface area (Å²) in [7, 11) is 0. The predicted molar refractivity (Wildman–Crippen MR) is 84.7 cm³/mol. The first-order valence-corrected chi connectivity index (χ1v) is 7.78. The number of hydrogen-bond donors (Lipinski definition) is 1. The molecule has 1 aliphatic rings. The smallest absolute Gasteiger partial charge is 0.119 e. The van der Waals surface area contributed by atoms with Crippen LogP contribution >= 0.6 is 0 Å². The third-order valence-corrected chi connectivity index (χ3v) is 4.31. The highest BCUT2D eigenvalue weighted by Crippen LogP contribution is 2.37. The van der Waals surface area contributed by atoms with Gasteiger partial charge in [0, 0.05) is 0 Å². The molecule has 0 radical (unpaired) electrons. The fourth-order valence-electron chi connectivity index (χ4n) is 2.83. The van der Waals surface area contributed by atoms with Gasteiger partial charge < -0.3 is 9.84 Å². The average Bonchev–Trinajstić information content (AvgIpc) is 2.46.